The highest BCUT2D eigenvalue weighted by Gasteiger charge is 2.11. The van der Waals surface area contributed by atoms with Gasteiger partial charge in [0.15, 0.2) is 11.5 Å². The van der Waals surface area contributed by atoms with Gasteiger partial charge in [0, 0.05) is 6.54 Å². The number of methoxy groups -OCH3 is 1. The summed E-state index contributed by atoms with van der Waals surface area (Å²) in [4.78, 5) is 0. The molecule has 108 valence electrons. The number of alkyl halides is 2. The van der Waals surface area contributed by atoms with Crippen molar-refractivity contribution in [2.75, 3.05) is 7.11 Å². The van der Waals surface area contributed by atoms with Gasteiger partial charge in [-0.15, -0.1) is 5.10 Å². The Bertz CT molecular complexity index is 574. The topological polar surface area (TPSA) is 75.2 Å². The number of rotatable bonds is 6. The minimum atomic E-state index is -2.89. The number of hydrogen-bond donors (Lipinski definition) is 1. The Morgan fingerprint density at radius 2 is 2.15 bits per heavy atom. The van der Waals surface area contributed by atoms with Crippen molar-refractivity contribution in [1.29, 1.82) is 0 Å². The number of ether oxygens (including phenoxy) is 2. The second-order valence-corrected chi connectivity index (χ2v) is 3.98. The fraction of sp³-hybridized carbons (Fsp3) is 0.333. The molecule has 0 spiro atoms. The highest BCUT2D eigenvalue weighted by Crippen LogP contribution is 2.29. The Morgan fingerprint density at radius 1 is 1.35 bits per heavy atom. The maximum atomic E-state index is 12.2. The van der Waals surface area contributed by atoms with Crippen molar-refractivity contribution < 1.29 is 18.3 Å². The fourth-order valence-corrected chi connectivity index (χ4v) is 1.70. The van der Waals surface area contributed by atoms with Crippen molar-refractivity contribution >= 4 is 0 Å². The molecule has 1 heterocycles. The van der Waals surface area contributed by atoms with E-state index in [-0.39, 0.29) is 11.5 Å². The molecule has 2 rings (SSSR count). The lowest BCUT2D eigenvalue weighted by atomic mass is 10.2. The summed E-state index contributed by atoms with van der Waals surface area (Å²) in [6.07, 6.45) is 1.72. The molecule has 8 heteroatoms. The Labute approximate surface area is 114 Å². The largest absolute Gasteiger partial charge is 0.493 e. The monoisotopic (exact) mass is 284 g/mol. The SMILES string of the molecule is COc1cc(Cn2cc(CN)nn2)ccc1OC(F)F. The molecule has 0 unspecified atom stereocenters. The predicted molar refractivity (Wildman–Crippen MR) is 66.6 cm³/mol. The molecule has 6 nitrogen and oxygen atoms in total. The molecule has 20 heavy (non-hydrogen) atoms. The van der Waals surface area contributed by atoms with Gasteiger partial charge in [-0.25, -0.2) is 4.68 Å². The summed E-state index contributed by atoms with van der Waals surface area (Å²) in [5, 5.41) is 7.77. The van der Waals surface area contributed by atoms with Crippen LogP contribution in [0.15, 0.2) is 24.4 Å². The van der Waals surface area contributed by atoms with Crippen LogP contribution < -0.4 is 15.2 Å². The van der Waals surface area contributed by atoms with E-state index in [2.05, 4.69) is 15.0 Å². The highest BCUT2D eigenvalue weighted by molar-refractivity contribution is 5.43. The third-order valence-electron chi connectivity index (χ3n) is 2.58. The molecule has 1 aromatic heterocycles. The van der Waals surface area contributed by atoms with Crippen LogP contribution in [-0.4, -0.2) is 28.7 Å². The van der Waals surface area contributed by atoms with Crippen molar-refractivity contribution in [3.05, 3.63) is 35.7 Å². The first-order valence-corrected chi connectivity index (χ1v) is 5.83. The van der Waals surface area contributed by atoms with E-state index in [0.717, 1.165) is 5.56 Å². The van der Waals surface area contributed by atoms with Crippen molar-refractivity contribution in [3.63, 3.8) is 0 Å². The normalized spacial score (nSPS) is 10.8. The van der Waals surface area contributed by atoms with E-state index >= 15 is 0 Å². The Balaban J connectivity index is 2.16. The summed E-state index contributed by atoms with van der Waals surface area (Å²) in [5.41, 5.74) is 6.94. The van der Waals surface area contributed by atoms with Crippen molar-refractivity contribution in [3.8, 4) is 11.5 Å². The average molecular weight is 284 g/mol. The van der Waals surface area contributed by atoms with Crippen LogP contribution in [0.1, 0.15) is 11.3 Å². The van der Waals surface area contributed by atoms with Gasteiger partial charge in [0.1, 0.15) is 0 Å². The number of benzene rings is 1. The van der Waals surface area contributed by atoms with Crippen LogP contribution in [0, 0.1) is 0 Å². The van der Waals surface area contributed by atoms with Crippen LogP contribution >= 0.6 is 0 Å². The minimum Gasteiger partial charge on any atom is -0.493 e. The Kier molecular flexibility index (Phi) is 4.46. The van der Waals surface area contributed by atoms with Gasteiger partial charge < -0.3 is 15.2 Å². The second kappa shape index (κ2) is 6.29. The van der Waals surface area contributed by atoms with Gasteiger partial charge in [-0.3, -0.25) is 0 Å². The van der Waals surface area contributed by atoms with Crippen LogP contribution in [0.3, 0.4) is 0 Å². The Hall–Kier alpha value is -2.22. The molecular weight excluding hydrogens is 270 g/mol. The van der Waals surface area contributed by atoms with Gasteiger partial charge in [0.25, 0.3) is 0 Å². The zero-order chi connectivity index (χ0) is 14.5. The van der Waals surface area contributed by atoms with Crippen molar-refractivity contribution in [2.45, 2.75) is 19.7 Å². The van der Waals surface area contributed by atoms with E-state index in [0.29, 0.717) is 18.8 Å². The Morgan fingerprint density at radius 3 is 2.75 bits per heavy atom. The van der Waals surface area contributed by atoms with Gasteiger partial charge in [-0.05, 0) is 17.7 Å². The molecule has 0 saturated heterocycles. The lowest BCUT2D eigenvalue weighted by Gasteiger charge is -2.11. The number of nitrogens with two attached hydrogens (primary N) is 1. The summed E-state index contributed by atoms with van der Waals surface area (Å²) < 4.78 is 35.4. The molecule has 0 radical (unpaired) electrons. The summed E-state index contributed by atoms with van der Waals surface area (Å²) in [7, 11) is 1.39. The maximum absolute atomic E-state index is 12.2. The summed E-state index contributed by atoms with van der Waals surface area (Å²) in [6, 6.07) is 4.70. The molecule has 2 N–H and O–H groups in total. The molecule has 2 aromatic rings. The molecule has 0 fully saturated rings. The molecule has 0 saturated carbocycles. The number of halogens is 2. The van der Waals surface area contributed by atoms with E-state index < -0.39 is 6.61 Å². The first-order valence-electron chi connectivity index (χ1n) is 5.83. The first-order chi connectivity index (χ1) is 9.62. The van der Waals surface area contributed by atoms with Crippen molar-refractivity contribution in [1.82, 2.24) is 15.0 Å². The van der Waals surface area contributed by atoms with Crippen LogP contribution in [0.2, 0.25) is 0 Å². The third kappa shape index (κ3) is 3.41. The summed E-state index contributed by atoms with van der Waals surface area (Å²) >= 11 is 0. The van der Waals surface area contributed by atoms with E-state index in [1.807, 2.05) is 0 Å². The van der Waals surface area contributed by atoms with Gasteiger partial charge in [-0.2, -0.15) is 8.78 Å². The zero-order valence-corrected chi connectivity index (χ0v) is 10.8. The number of nitrogens with zero attached hydrogens (tertiary/aromatic N) is 3. The molecule has 0 bridgehead atoms. The highest BCUT2D eigenvalue weighted by atomic mass is 19.3. The molecule has 0 atom stereocenters. The van der Waals surface area contributed by atoms with Gasteiger partial charge >= 0.3 is 6.61 Å². The van der Waals surface area contributed by atoms with Crippen LogP contribution in [-0.2, 0) is 13.1 Å². The minimum absolute atomic E-state index is 0.00696. The summed E-state index contributed by atoms with van der Waals surface area (Å²) in [5.74, 6) is 0.231. The second-order valence-electron chi connectivity index (χ2n) is 3.98. The van der Waals surface area contributed by atoms with E-state index in [1.165, 1.54) is 13.2 Å². The molecular formula is C12H14F2N4O2. The predicted octanol–water partition coefficient (Wildman–Crippen LogP) is 1.40. The molecule has 0 amide bonds. The number of hydrogen-bond acceptors (Lipinski definition) is 5. The van der Waals surface area contributed by atoms with Crippen LogP contribution in [0.5, 0.6) is 11.5 Å². The van der Waals surface area contributed by atoms with Gasteiger partial charge in [-0.1, -0.05) is 11.3 Å². The molecule has 0 aliphatic carbocycles. The van der Waals surface area contributed by atoms with Crippen LogP contribution in [0.4, 0.5) is 8.78 Å². The zero-order valence-electron chi connectivity index (χ0n) is 10.8. The van der Waals surface area contributed by atoms with Gasteiger partial charge in [0.2, 0.25) is 0 Å². The quantitative estimate of drug-likeness (QED) is 0.867. The van der Waals surface area contributed by atoms with Crippen molar-refractivity contribution in [2.24, 2.45) is 5.73 Å². The number of aromatic nitrogens is 3. The first kappa shape index (κ1) is 14.2. The standard InChI is InChI=1S/C12H14F2N4O2/c1-19-11-4-8(2-3-10(11)20-12(13)14)6-18-7-9(5-15)16-17-18/h2-4,7,12H,5-6,15H2,1H3. The van der Waals surface area contributed by atoms with E-state index in [9.17, 15) is 8.78 Å². The maximum Gasteiger partial charge on any atom is 0.387 e. The van der Waals surface area contributed by atoms with Gasteiger partial charge in [0.05, 0.1) is 25.5 Å². The van der Waals surface area contributed by atoms with Crippen LogP contribution in [0.25, 0.3) is 0 Å². The molecule has 0 aliphatic rings. The third-order valence-corrected chi connectivity index (χ3v) is 2.58. The average Bonchev–Trinajstić information content (AvgIpc) is 2.87. The molecule has 0 aliphatic heterocycles. The smallest absolute Gasteiger partial charge is 0.387 e. The molecule has 1 aromatic carbocycles. The lowest BCUT2D eigenvalue weighted by Crippen LogP contribution is -2.05. The lowest BCUT2D eigenvalue weighted by molar-refractivity contribution is -0.0512. The summed E-state index contributed by atoms with van der Waals surface area (Å²) in [6.45, 7) is -2.15. The van der Waals surface area contributed by atoms with E-state index in [1.54, 1.807) is 23.0 Å². The van der Waals surface area contributed by atoms with E-state index in [4.69, 9.17) is 10.5 Å². The fourth-order valence-electron chi connectivity index (χ4n) is 1.70.